The summed E-state index contributed by atoms with van der Waals surface area (Å²) in [4.78, 5) is 4.49. The molecule has 1 aliphatic heterocycles. The van der Waals surface area contributed by atoms with Gasteiger partial charge in [0.05, 0.1) is 18.9 Å². The second-order valence-corrected chi connectivity index (χ2v) is 9.57. The average molecular weight is 438 g/mol. The molecule has 0 N–H and O–H groups in total. The van der Waals surface area contributed by atoms with Gasteiger partial charge in [-0.05, 0) is 36.4 Å². The minimum Gasteiger partial charge on any atom is -0.495 e. The normalized spacial score (nSPS) is 15.8. The minimum atomic E-state index is -3.53. The molecule has 2 aromatic heterocycles. The quantitative estimate of drug-likeness (QED) is 0.525. The number of hydrogen-bond acceptors (Lipinski definition) is 8. The molecule has 0 radical (unpaired) electrons. The highest BCUT2D eigenvalue weighted by atomic mass is 32.2. The SMILES string of the molecule is COc1cccc2c(-c3nsc(COS(C)(=O)=O)n3)cn(CC3CCOCC3)c12. The summed E-state index contributed by atoms with van der Waals surface area (Å²) in [5.74, 6) is 1.90. The van der Waals surface area contributed by atoms with E-state index in [-0.39, 0.29) is 6.61 Å². The molecule has 0 unspecified atom stereocenters. The van der Waals surface area contributed by atoms with Crippen molar-refractivity contribution in [3.63, 3.8) is 0 Å². The third-order valence-electron chi connectivity index (χ3n) is 4.98. The first-order chi connectivity index (χ1) is 13.9. The van der Waals surface area contributed by atoms with Gasteiger partial charge in [0.25, 0.3) is 10.1 Å². The maximum atomic E-state index is 11.2. The predicted octanol–water partition coefficient (Wildman–Crippen LogP) is 3.07. The molecule has 1 aromatic carbocycles. The summed E-state index contributed by atoms with van der Waals surface area (Å²) >= 11 is 1.14. The monoisotopic (exact) mass is 437 g/mol. The van der Waals surface area contributed by atoms with Gasteiger partial charge in [-0.1, -0.05) is 12.1 Å². The van der Waals surface area contributed by atoms with Gasteiger partial charge in [-0.25, -0.2) is 4.98 Å². The van der Waals surface area contributed by atoms with E-state index in [0.29, 0.717) is 16.7 Å². The standard InChI is InChI=1S/C19H23N3O5S2/c1-25-16-5-3-4-14-15(19-20-17(28-21-19)12-27-29(2,23)24)11-22(18(14)16)10-13-6-8-26-9-7-13/h3-5,11,13H,6-10,12H2,1-2H3. The highest BCUT2D eigenvalue weighted by molar-refractivity contribution is 7.85. The minimum absolute atomic E-state index is 0.111. The fraction of sp³-hybridized carbons (Fsp3) is 0.474. The largest absolute Gasteiger partial charge is 0.495 e. The lowest BCUT2D eigenvalue weighted by Gasteiger charge is -2.23. The van der Waals surface area contributed by atoms with E-state index < -0.39 is 10.1 Å². The lowest BCUT2D eigenvalue weighted by molar-refractivity contribution is 0.0616. The Balaban J connectivity index is 1.70. The van der Waals surface area contributed by atoms with Gasteiger partial charge < -0.3 is 14.0 Å². The number of benzene rings is 1. The first-order valence-corrected chi connectivity index (χ1v) is 11.9. The molecular weight excluding hydrogens is 414 g/mol. The van der Waals surface area contributed by atoms with E-state index in [1.54, 1.807) is 7.11 Å². The first kappa shape index (κ1) is 20.3. The van der Waals surface area contributed by atoms with Crippen LogP contribution in [0.3, 0.4) is 0 Å². The number of hydrogen-bond donors (Lipinski definition) is 0. The van der Waals surface area contributed by atoms with Gasteiger partial charge >= 0.3 is 0 Å². The van der Waals surface area contributed by atoms with Gasteiger partial charge in [-0.15, -0.1) is 0 Å². The number of fused-ring (bicyclic) bond motifs is 1. The van der Waals surface area contributed by atoms with Crippen molar-refractivity contribution < 1.29 is 22.1 Å². The van der Waals surface area contributed by atoms with Crippen LogP contribution < -0.4 is 4.74 Å². The Bertz CT molecular complexity index is 1100. The van der Waals surface area contributed by atoms with Gasteiger partial charge in [0.2, 0.25) is 0 Å². The second kappa shape index (κ2) is 8.39. The number of nitrogens with zero attached hydrogens (tertiary/aromatic N) is 3. The van der Waals surface area contributed by atoms with E-state index >= 15 is 0 Å². The maximum absolute atomic E-state index is 11.2. The Morgan fingerprint density at radius 1 is 1.31 bits per heavy atom. The molecule has 10 heteroatoms. The van der Waals surface area contributed by atoms with Crippen molar-refractivity contribution in [1.29, 1.82) is 0 Å². The molecular formula is C19H23N3O5S2. The zero-order valence-electron chi connectivity index (χ0n) is 16.3. The fourth-order valence-electron chi connectivity index (χ4n) is 3.60. The molecule has 4 rings (SSSR count). The Hall–Kier alpha value is -2.01. The summed E-state index contributed by atoms with van der Waals surface area (Å²) in [6.07, 6.45) is 5.15. The average Bonchev–Trinajstić information content (AvgIpc) is 3.31. The third-order valence-corrected chi connectivity index (χ3v) is 6.21. The highest BCUT2D eigenvalue weighted by Gasteiger charge is 2.21. The molecule has 0 amide bonds. The maximum Gasteiger partial charge on any atom is 0.264 e. The summed E-state index contributed by atoms with van der Waals surface area (Å²) in [5, 5.41) is 1.52. The number of methoxy groups -OCH3 is 1. The number of rotatable bonds is 7. The Kier molecular flexibility index (Phi) is 5.86. The summed E-state index contributed by atoms with van der Waals surface area (Å²) in [5.41, 5.74) is 1.91. The van der Waals surface area contributed by atoms with Gasteiger partial charge in [-0.3, -0.25) is 4.18 Å². The molecule has 3 heterocycles. The smallest absolute Gasteiger partial charge is 0.264 e. The zero-order chi connectivity index (χ0) is 20.4. The molecule has 8 nitrogen and oxygen atoms in total. The van der Waals surface area contributed by atoms with Gasteiger partial charge in [0, 0.05) is 36.9 Å². The van der Waals surface area contributed by atoms with Crippen molar-refractivity contribution in [2.24, 2.45) is 5.92 Å². The van der Waals surface area contributed by atoms with Crippen LogP contribution in [0.1, 0.15) is 17.8 Å². The first-order valence-electron chi connectivity index (χ1n) is 9.35. The summed E-state index contributed by atoms with van der Waals surface area (Å²) in [6, 6.07) is 5.93. The van der Waals surface area contributed by atoms with Crippen molar-refractivity contribution in [1.82, 2.24) is 13.9 Å². The predicted molar refractivity (Wildman–Crippen MR) is 111 cm³/mol. The molecule has 1 aliphatic rings. The highest BCUT2D eigenvalue weighted by Crippen LogP contribution is 2.36. The number of ether oxygens (including phenoxy) is 2. The number of aromatic nitrogens is 3. The van der Waals surface area contributed by atoms with Crippen molar-refractivity contribution in [3.05, 3.63) is 29.4 Å². The van der Waals surface area contributed by atoms with E-state index in [4.69, 9.17) is 13.7 Å². The molecule has 156 valence electrons. The molecule has 0 saturated carbocycles. The Labute approximate surface area is 173 Å². The Morgan fingerprint density at radius 3 is 2.83 bits per heavy atom. The molecule has 29 heavy (non-hydrogen) atoms. The van der Waals surface area contributed by atoms with Crippen molar-refractivity contribution in [3.8, 4) is 17.1 Å². The molecule has 0 bridgehead atoms. The van der Waals surface area contributed by atoms with Crippen molar-refractivity contribution in [2.75, 3.05) is 26.6 Å². The molecule has 1 fully saturated rings. The summed E-state index contributed by atoms with van der Waals surface area (Å²) in [6.45, 7) is 2.35. The van der Waals surface area contributed by atoms with Crippen LogP contribution in [0.2, 0.25) is 0 Å². The van der Waals surface area contributed by atoms with E-state index in [1.807, 2.05) is 18.2 Å². The lowest BCUT2D eigenvalue weighted by atomic mass is 10.0. The van der Waals surface area contributed by atoms with E-state index in [2.05, 4.69) is 20.1 Å². The third kappa shape index (κ3) is 4.61. The summed E-state index contributed by atoms with van der Waals surface area (Å²) < 4.78 is 45.0. The van der Waals surface area contributed by atoms with Gasteiger partial charge in [0.1, 0.15) is 17.4 Å². The van der Waals surface area contributed by atoms with Crippen LogP contribution in [0.4, 0.5) is 0 Å². The van der Waals surface area contributed by atoms with E-state index in [1.165, 1.54) is 0 Å². The molecule has 0 aliphatic carbocycles. The van der Waals surface area contributed by atoms with Crippen LogP contribution in [-0.4, -0.2) is 48.9 Å². The van der Waals surface area contributed by atoms with Crippen LogP contribution in [0.15, 0.2) is 24.4 Å². The van der Waals surface area contributed by atoms with E-state index in [0.717, 1.165) is 72.6 Å². The number of para-hydroxylation sites is 1. The van der Waals surface area contributed by atoms with E-state index in [9.17, 15) is 8.42 Å². The fourth-order valence-corrected chi connectivity index (χ4v) is 4.57. The molecule has 3 aromatic rings. The van der Waals surface area contributed by atoms with Crippen LogP contribution in [0.25, 0.3) is 22.3 Å². The van der Waals surface area contributed by atoms with Gasteiger partial charge in [-0.2, -0.15) is 12.8 Å². The van der Waals surface area contributed by atoms with Gasteiger partial charge in [0.15, 0.2) is 5.82 Å². The molecule has 0 atom stereocenters. The van der Waals surface area contributed by atoms with Crippen molar-refractivity contribution in [2.45, 2.75) is 26.0 Å². The van der Waals surface area contributed by atoms with Crippen LogP contribution in [-0.2, 0) is 32.2 Å². The molecule has 0 spiro atoms. The van der Waals surface area contributed by atoms with Crippen LogP contribution >= 0.6 is 11.5 Å². The van der Waals surface area contributed by atoms with Crippen LogP contribution in [0, 0.1) is 5.92 Å². The van der Waals surface area contributed by atoms with Crippen LogP contribution in [0.5, 0.6) is 5.75 Å². The van der Waals surface area contributed by atoms with Crippen molar-refractivity contribution >= 4 is 32.6 Å². The lowest BCUT2D eigenvalue weighted by Crippen LogP contribution is -2.20. The second-order valence-electron chi connectivity index (χ2n) is 7.09. The molecule has 1 saturated heterocycles. The zero-order valence-corrected chi connectivity index (χ0v) is 18.0. The topological polar surface area (TPSA) is 92.5 Å². The summed E-state index contributed by atoms with van der Waals surface area (Å²) in [7, 11) is -1.86. The Morgan fingerprint density at radius 2 is 2.10 bits per heavy atom.